The smallest absolute Gasteiger partial charge is 0.306 e. The Bertz CT molecular complexity index is 1390. The van der Waals surface area contributed by atoms with Gasteiger partial charge in [0.05, 0.1) is 0 Å². The number of carbonyl (C=O) groups is 6. The summed E-state index contributed by atoms with van der Waals surface area (Å²) in [5, 5.41) is 5.57. The van der Waals surface area contributed by atoms with E-state index in [4.69, 9.17) is 28.4 Å². The summed E-state index contributed by atoms with van der Waals surface area (Å²) < 4.78 is 33.1. The quantitative estimate of drug-likeness (QED) is 0.173. The standard InChI is InChI=1S/C35H44N2O12/c1-23(38)46-33-32(49-31(43)19-11-17-29(41)37-21-26-14-8-5-9-15-26)27(48-35(44-3)34(33)47-24(2)39)22-45-30(42)18-10-16-28(40)36-20-25-12-6-4-7-13-25/h4-9,12-15,27,32-35H,10-11,16-22H2,1-3H3,(H,36,40)(H,37,41)/t27-,32-,33+,34-,35+/m1/s1. The fourth-order valence-corrected chi connectivity index (χ4v) is 5.00. The lowest BCUT2D eigenvalue weighted by Crippen LogP contribution is -2.62. The maximum atomic E-state index is 13.0. The van der Waals surface area contributed by atoms with Crippen LogP contribution in [0.15, 0.2) is 60.7 Å². The lowest BCUT2D eigenvalue weighted by Gasteiger charge is -2.43. The average Bonchev–Trinajstić information content (AvgIpc) is 3.08. The van der Waals surface area contributed by atoms with Crippen LogP contribution in [0.25, 0.3) is 0 Å². The maximum absolute atomic E-state index is 13.0. The van der Waals surface area contributed by atoms with Crippen molar-refractivity contribution in [1.29, 1.82) is 0 Å². The van der Waals surface area contributed by atoms with Crippen LogP contribution in [0.5, 0.6) is 0 Å². The van der Waals surface area contributed by atoms with Gasteiger partial charge >= 0.3 is 23.9 Å². The lowest BCUT2D eigenvalue weighted by molar-refractivity contribution is -0.302. The Morgan fingerprint density at radius 3 is 1.61 bits per heavy atom. The molecule has 2 aromatic rings. The molecule has 49 heavy (non-hydrogen) atoms. The van der Waals surface area contributed by atoms with Crippen molar-refractivity contribution in [1.82, 2.24) is 10.6 Å². The lowest BCUT2D eigenvalue weighted by atomic mass is 9.98. The molecule has 0 radical (unpaired) electrons. The number of carbonyl (C=O) groups excluding carboxylic acids is 6. The highest BCUT2D eigenvalue weighted by Crippen LogP contribution is 2.30. The number of hydrogen-bond acceptors (Lipinski definition) is 12. The van der Waals surface area contributed by atoms with E-state index in [0.717, 1.165) is 25.0 Å². The SMILES string of the molecule is CO[C@H]1O[C@H](COC(=O)CCCC(=O)NCc2ccccc2)[C@@H](OC(=O)CCCC(=O)NCc2ccccc2)[C@H](OC(C)=O)[C@H]1OC(C)=O. The molecule has 1 saturated heterocycles. The van der Waals surface area contributed by atoms with Gasteiger partial charge < -0.3 is 39.1 Å². The summed E-state index contributed by atoms with van der Waals surface area (Å²) in [6.07, 6.45) is -6.30. The van der Waals surface area contributed by atoms with Crippen LogP contribution in [0.2, 0.25) is 0 Å². The molecule has 0 aliphatic carbocycles. The van der Waals surface area contributed by atoms with Gasteiger partial charge in [0.15, 0.2) is 24.6 Å². The molecule has 14 heteroatoms. The zero-order valence-electron chi connectivity index (χ0n) is 27.9. The first kappa shape index (κ1) is 38.6. The van der Waals surface area contributed by atoms with E-state index >= 15 is 0 Å². The van der Waals surface area contributed by atoms with Crippen molar-refractivity contribution in [2.75, 3.05) is 13.7 Å². The molecule has 0 aromatic heterocycles. The number of benzene rings is 2. The van der Waals surface area contributed by atoms with Crippen LogP contribution in [0.4, 0.5) is 0 Å². The highest BCUT2D eigenvalue weighted by atomic mass is 16.7. The first-order valence-electron chi connectivity index (χ1n) is 16.0. The minimum atomic E-state index is -1.38. The van der Waals surface area contributed by atoms with Crippen molar-refractivity contribution in [3.05, 3.63) is 71.8 Å². The van der Waals surface area contributed by atoms with Crippen LogP contribution in [0.1, 0.15) is 63.5 Å². The number of rotatable bonds is 18. The van der Waals surface area contributed by atoms with Crippen molar-refractivity contribution in [3.8, 4) is 0 Å². The molecule has 5 atom stereocenters. The van der Waals surface area contributed by atoms with Gasteiger partial charge in [-0.3, -0.25) is 28.8 Å². The molecule has 3 rings (SSSR count). The van der Waals surface area contributed by atoms with Gasteiger partial charge in [-0.05, 0) is 24.0 Å². The zero-order chi connectivity index (χ0) is 35.6. The number of ether oxygens (including phenoxy) is 6. The Labute approximate surface area is 285 Å². The summed E-state index contributed by atoms with van der Waals surface area (Å²) in [4.78, 5) is 74.1. The van der Waals surface area contributed by atoms with Gasteiger partial charge in [-0.1, -0.05) is 60.7 Å². The van der Waals surface area contributed by atoms with E-state index in [1.54, 1.807) is 0 Å². The van der Waals surface area contributed by atoms with E-state index in [1.807, 2.05) is 60.7 Å². The summed E-state index contributed by atoms with van der Waals surface area (Å²) in [5.41, 5.74) is 1.87. The van der Waals surface area contributed by atoms with Crippen molar-refractivity contribution >= 4 is 35.7 Å². The molecule has 266 valence electrons. The Kier molecular flexibility index (Phi) is 16.2. The van der Waals surface area contributed by atoms with E-state index in [2.05, 4.69) is 10.6 Å². The normalized spacial score (nSPS) is 19.9. The van der Waals surface area contributed by atoms with Gasteiger partial charge in [-0.15, -0.1) is 0 Å². The largest absolute Gasteiger partial charge is 0.463 e. The second-order valence-corrected chi connectivity index (χ2v) is 11.3. The van der Waals surface area contributed by atoms with Gasteiger partial charge in [-0.2, -0.15) is 0 Å². The molecule has 1 aliphatic heterocycles. The fourth-order valence-electron chi connectivity index (χ4n) is 5.00. The third kappa shape index (κ3) is 14.1. The minimum absolute atomic E-state index is 0.0453. The van der Waals surface area contributed by atoms with Gasteiger partial charge in [0.1, 0.15) is 12.7 Å². The Hall–Kier alpha value is -4.82. The van der Waals surface area contributed by atoms with Gasteiger partial charge in [0.2, 0.25) is 11.8 Å². The van der Waals surface area contributed by atoms with Gasteiger partial charge in [0, 0.05) is 59.7 Å². The van der Waals surface area contributed by atoms with E-state index in [-0.39, 0.29) is 50.3 Å². The molecule has 0 unspecified atom stereocenters. The van der Waals surface area contributed by atoms with Crippen LogP contribution in [-0.4, -0.2) is 80.1 Å². The molecule has 2 N–H and O–H groups in total. The molecule has 0 saturated carbocycles. The minimum Gasteiger partial charge on any atom is -0.463 e. The molecule has 1 fully saturated rings. The fraction of sp³-hybridized carbons (Fsp3) is 0.486. The summed E-state index contributed by atoms with van der Waals surface area (Å²) in [7, 11) is 1.27. The molecule has 1 heterocycles. The predicted molar refractivity (Wildman–Crippen MR) is 172 cm³/mol. The molecular weight excluding hydrogens is 640 g/mol. The second-order valence-electron chi connectivity index (χ2n) is 11.3. The molecule has 14 nitrogen and oxygen atoms in total. The topological polar surface area (TPSA) is 182 Å². The molecule has 2 aromatic carbocycles. The van der Waals surface area contributed by atoms with Crippen molar-refractivity contribution in [2.45, 2.75) is 96.2 Å². The molecule has 0 bridgehead atoms. The average molecular weight is 685 g/mol. The van der Waals surface area contributed by atoms with E-state index in [0.29, 0.717) is 13.1 Å². The predicted octanol–water partition coefficient (Wildman–Crippen LogP) is 2.65. The summed E-state index contributed by atoms with van der Waals surface area (Å²) in [5.74, 6) is -3.39. The van der Waals surface area contributed by atoms with Crippen molar-refractivity contribution in [3.63, 3.8) is 0 Å². The number of nitrogens with one attached hydrogen (secondary N) is 2. The Morgan fingerprint density at radius 2 is 1.12 bits per heavy atom. The van der Waals surface area contributed by atoms with Crippen molar-refractivity contribution in [2.24, 2.45) is 0 Å². The third-order valence-electron chi connectivity index (χ3n) is 7.34. The monoisotopic (exact) mass is 684 g/mol. The van der Waals surface area contributed by atoms with E-state index < -0.39 is 61.2 Å². The number of methoxy groups -OCH3 is 1. The van der Waals surface area contributed by atoms with Crippen LogP contribution >= 0.6 is 0 Å². The third-order valence-corrected chi connectivity index (χ3v) is 7.34. The van der Waals surface area contributed by atoms with Crippen LogP contribution in [-0.2, 0) is 70.3 Å². The summed E-state index contributed by atoms with van der Waals surface area (Å²) in [6.45, 7) is 2.53. The molecule has 1 aliphatic rings. The van der Waals surface area contributed by atoms with Gasteiger partial charge in [0.25, 0.3) is 0 Å². The van der Waals surface area contributed by atoms with Crippen molar-refractivity contribution < 1.29 is 57.2 Å². The molecule has 2 amide bonds. The van der Waals surface area contributed by atoms with Crippen LogP contribution in [0.3, 0.4) is 0 Å². The van der Waals surface area contributed by atoms with E-state index in [9.17, 15) is 28.8 Å². The zero-order valence-corrected chi connectivity index (χ0v) is 27.9. The Balaban J connectivity index is 1.58. The molecule has 0 spiro atoms. The first-order valence-corrected chi connectivity index (χ1v) is 16.0. The summed E-state index contributed by atoms with van der Waals surface area (Å²) >= 11 is 0. The van der Waals surface area contributed by atoms with Crippen LogP contribution < -0.4 is 10.6 Å². The summed E-state index contributed by atoms with van der Waals surface area (Å²) in [6, 6.07) is 18.7. The maximum Gasteiger partial charge on any atom is 0.306 e. The number of amides is 2. The van der Waals surface area contributed by atoms with Gasteiger partial charge in [-0.25, -0.2) is 0 Å². The van der Waals surface area contributed by atoms with Crippen LogP contribution in [0, 0.1) is 0 Å². The second kappa shape index (κ2) is 20.5. The number of hydrogen-bond donors (Lipinski definition) is 2. The number of esters is 4. The first-order chi connectivity index (χ1) is 23.5. The highest BCUT2D eigenvalue weighted by molar-refractivity contribution is 5.77. The van der Waals surface area contributed by atoms with E-state index in [1.165, 1.54) is 7.11 Å². The highest BCUT2D eigenvalue weighted by Gasteiger charge is 2.52. The Morgan fingerprint density at radius 1 is 0.633 bits per heavy atom. The molecular formula is C35H44N2O12.